The average Bonchev–Trinajstić information content (AvgIpc) is 2.80. The van der Waals surface area contributed by atoms with Crippen LogP contribution in [0.5, 0.6) is 17.2 Å². The van der Waals surface area contributed by atoms with Gasteiger partial charge in [0.05, 0.1) is 33.4 Å². The first-order valence-corrected chi connectivity index (χ1v) is 9.97. The van der Waals surface area contributed by atoms with Crippen LogP contribution in [0.15, 0.2) is 41.4 Å². The van der Waals surface area contributed by atoms with Crippen LogP contribution in [0.25, 0.3) is 0 Å². The van der Waals surface area contributed by atoms with Crippen LogP contribution >= 0.6 is 0 Å². The molecule has 168 valence electrons. The molecule has 0 bridgehead atoms. The summed E-state index contributed by atoms with van der Waals surface area (Å²) in [6.45, 7) is 1.12. The zero-order valence-corrected chi connectivity index (χ0v) is 19.1. The van der Waals surface area contributed by atoms with E-state index in [1.807, 2.05) is 36.4 Å². The fraction of sp³-hybridized carbons (Fsp3) is 0.391. The number of hydrogen-bond acceptors (Lipinski definition) is 5. The highest BCUT2D eigenvalue weighted by molar-refractivity contribution is 5.94. The molecule has 0 radical (unpaired) electrons. The van der Waals surface area contributed by atoms with Gasteiger partial charge in [-0.15, -0.1) is 0 Å². The molecular weight excluding hydrogens is 396 g/mol. The number of methoxy groups -OCH3 is 3. The van der Waals surface area contributed by atoms with Gasteiger partial charge >= 0.3 is 0 Å². The van der Waals surface area contributed by atoms with Crippen molar-refractivity contribution >= 4 is 11.9 Å². The predicted molar refractivity (Wildman–Crippen MR) is 122 cm³/mol. The smallest absolute Gasteiger partial charge is 0.253 e. The van der Waals surface area contributed by atoms with Gasteiger partial charge in [0.25, 0.3) is 5.91 Å². The lowest BCUT2D eigenvalue weighted by Crippen LogP contribution is -2.38. The Morgan fingerprint density at radius 1 is 1.00 bits per heavy atom. The average molecular weight is 429 g/mol. The van der Waals surface area contributed by atoms with Crippen molar-refractivity contribution in [1.29, 1.82) is 0 Å². The maximum absolute atomic E-state index is 12.1. The molecule has 0 spiro atoms. The molecule has 1 amide bonds. The second-order valence-corrected chi connectivity index (χ2v) is 7.01. The van der Waals surface area contributed by atoms with Gasteiger partial charge in [-0.1, -0.05) is 12.1 Å². The molecule has 2 rings (SSSR count). The predicted octanol–water partition coefficient (Wildman–Crippen LogP) is 2.32. The lowest BCUT2D eigenvalue weighted by atomic mass is 10.1. The van der Waals surface area contributed by atoms with Gasteiger partial charge in [0.1, 0.15) is 17.2 Å². The van der Waals surface area contributed by atoms with Gasteiger partial charge in [0.2, 0.25) is 0 Å². The summed E-state index contributed by atoms with van der Waals surface area (Å²) in [5.41, 5.74) is 2.63. The normalized spacial score (nSPS) is 11.0. The minimum atomic E-state index is -0.00493. The molecule has 0 aliphatic rings. The van der Waals surface area contributed by atoms with Gasteiger partial charge in [0.15, 0.2) is 5.96 Å². The Hall–Kier alpha value is -3.42. The van der Waals surface area contributed by atoms with Crippen LogP contribution in [0.1, 0.15) is 21.5 Å². The number of nitrogens with zero attached hydrogens (tertiary/aromatic N) is 2. The fourth-order valence-electron chi connectivity index (χ4n) is 3.09. The number of benzene rings is 2. The zero-order chi connectivity index (χ0) is 22.8. The van der Waals surface area contributed by atoms with Gasteiger partial charge in [0, 0.05) is 45.4 Å². The summed E-state index contributed by atoms with van der Waals surface area (Å²) in [7, 11) is 10.0. The van der Waals surface area contributed by atoms with E-state index in [9.17, 15) is 4.79 Å². The van der Waals surface area contributed by atoms with E-state index in [1.54, 1.807) is 47.4 Å². The number of rotatable bonds is 9. The third-order valence-electron chi connectivity index (χ3n) is 4.76. The van der Waals surface area contributed by atoms with E-state index in [4.69, 9.17) is 14.2 Å². The number of aliphatic imine (C=N–C) groups is 1. The number of hydrogen-bond donors (Lipinski definition) is 2. The van der Waals surface area contributed by atoms with Crippen LogP contribution in [0, 0.1) is 0 Å². The quantitative estimate of drug-likeness (QED) is 0.471. The molecule has 8 heteroatoms. The first-order chi connectivity index (χ1) is 14.9. The standard InChI is InChI=1S/C23H32N4O4/c1-24-23(25-11-10-16-8-7-9-17(12-16)22(28)27(2)3)26-15-19-20(30-5)13-18(29-4)14-21(19)31-6/h7-9,12-14H,10-11,15H2,1-6H3,(H2,24,25,26). The Labute approximate surface area is 184 Å². The summed E-state index contributed by atoms with van der Waals surface area (Å²) < 4.78 is 16.3. The minimum Gasteiger partial charge on any atom is -0.496 e. The fourth-order valence-corrected chi connectivity index (χ4v) is 3.09. The number of carbonyl (C=O) groups is 1. The molecule has 0 fully saturated rings. The van der Waals surface area contributed by atoms with Crippen molar-refractivity contribution in [3.8, 4) is 17.2 Å². The lowest BCUT2D eigenvalue weighted by Gasteiger charge is -2.17. The topological polar surface area (TPSA) is 84.4 Å². The molecule has 0 unspecified atom stereocenters. The number of guanidine groups is 1. The second-order valence-electron chi connectivity index (χ2n) is 7.01. The summed E-state index contributed by atoms with van der Waals surface area (Å²) >= 11 is 0. The minimum absolute atomic E-state index is 0.00493. The molecule has 8 nitrogen and oxygen atoms in total. The molecule has 2 N–H and O–H groups in total. The largest absolute Gasteiger partial charge is 0.496 e. The SMILES string of the molecule is CN=C(NCCc1cccc(C(=O)N(C)C)c1)NCc1c(OC)cc(OC)cc1OC. The van der Waals surface area contributed by atoms with E-state index in [0.717, 1.165) is 17.5 Å². The number of nitrogens with one attached hydrogen (secondary N) is 2. The van der Waals surface area contributed by atoms with Gasteiger partial charge in [-0.2, -0.15) is 0 Å². The first kappa shape index (κ1) is 23.9. The maximum Gasteiger partial charge on any atom is 0.253 e. The summed E-state index contributed by atoms with van der Waals surface area (Å²) in [6, 6.07) is 11.3. The Bertz CT molecular complexity index is 887. The Morgan fingerprint density at radius 2 is 1.68 bits per heavy atom. The molecule has 2 aromatic rings. The van der Waals surface area contributed by atoms with Crippen molar-refractivity contribution in [2.24, 2.45) is 4.99 Å². The molecular formula is C23H32N4O4. The van der Waals surface area contributed by atoms with Crippen molar-refractivity contribution < 1.29 is 19.0 Å². The number of amides is 1. The van der Waals surface area contributed by atoms with Crippen molar-refractivity contribution in [2.45, 2.75) is 13.0 Å². The second kappa shape index (κ2) is 11.7. The van der Waals surface area contributed by atoms with Crippen LogP contribution in [-0.2, 0) is 13.0 Å². The Kier molecular flexibility index (Phi) is 8.99. The van der Waals surface area contributed by atoms with Crippen molar-refractivity contribution in [2.75, 3.05) is 49.0 Å². The summed E-state index contributed by atoms with van der Waals surface area (Å²) in [5.74, 6) is 2.65. The van der Waals surface area contributed by atoms with Crippen LogP contribution in [0.4, 0.5) is 0 Å². The Balaban J connectivity index is 1.97. The highest BCUT2D eigenvalue weighted by Gasteiger charge is 2.14. The van der Waals surface area contributed by atoms with E-state index in [-0.39, 0.29) is 5.91 Å². The molecule has 0 aliphatic carbocycles. The van der Waals surface area contributed by atoms with Gasteiger partial charge in [-0.25, -0.2) is 0 Å². The summed E-state index contributed by atoms with van der Waals surface area (Å²) in [6.07, 6.45) is 0.754. The highest BCUT2D eigenvalue weighted by atomic mass is 16.5. The van der Waals surface area contributed by atoms with E-state index < -0.39 is 0 Å². The highest BCUT2D eigenvalue weighted by Crippen LogP contribution is 2.33. The van der Waals surface area contributed by atoms with Crippen molar-refractivity contribution in [3.05, 3.63) is 53.1 Å². The van der Waals surface area contributed by atoms with Crippen LogP contribution in [-0.4, -0.2) is 65.8 Å². The van der Waals surface area contributed by atoms with Crippen LogP contribution in [0.2, 0.25) is 0 Å². The third-order valence-corrected chi connectivity index (χ3v) is 4.76. The van der Waals surface area contributed by atoms with Crippen molar-refractivity contribution in [1.82, 2.24) is 15.5 Å². The number of ether oxygens (including phenoxy) is 3. The molecule has 0 atom stereocenters. The van der Waals surface area contributed by atoms with Crippen LogP contribution in [0.3, 0.4) is 0 Å². The zero-order valence-electron chi connectivity index (χ0n) is 19.1. The third kappa shape index (κ3) is 6.53. The van der Waals surface area contributed by atoms with Gasteiger partial charge < -0.3 is 29.7 Å². The van der Waals surface area contributed by atoms with E-state index >= 15 is 0 Å². The monoisotopic (exact) mass is 428 g/mol. The van der Waals surface area contributed by atoms with Crippen molar-refractivity contribution in [3.63, 3.8) is 0 Å². The molecule has 0 aromatic heterocycles. The van der Waals surface area contributed by atoms with Gasteiger partial charge in [-0.05, 0) is 24.1 Å². The molecule has 2 aromatic carbocycles. The van der Waals surface area contributed by atoms with Gasteiger partial charge in [-0.3, -0.25) is 9.79 Å². The maximum atomic E-state index is 12.1. The summed E-state index contributed by atoms with van der Waals surface area (Å²) in [4.78, 5) is 18.0. The lowest BCUT2D eigenvalue weighted by molar-refractivity contribution is 0.0827. The number of carbonyl (C=O) groups excluding carboxylic acids is 1. The first-order valence-electron chi connectivity index (χ1n) is 9.97. The molecule has 0 aliphatic heterocycles. The molecule has 31 heavy (non-hydrogen) atoms. The molecule has 0 saturated carbocycles. The van der Waals surface area contributed by atoms with Crippen LogP contribution < -0.4 is 24.8 Å². The Morgan fingerprint density at radius 3 is 2.23 bits per heavy atom. The van der Waals surface area contributed by atoms with E-state index in [2.05, 4.69) is 15.6 Å². The summed E-state index contributed by atoms with van der Waals surface area (Å²) in [5, 5.41) is 6.58. The van der Waals surface area contributed by atoms with E-state index in [0.29, 0.717) is 41.9 Å². The molecule has 0 saturated heterocycles. The molecule has 0 heterocycles. The van der Waals surface area contributed by atoms with E-state index in [1.165, 1.54) is 0 Å².